The van der Waals surface area contributed by atoms with Crippen LogP contribution in [0.2, 0.25) is 0 Å². The van der Waals surface area contributed by atoms with Gasteiger partial charge in [0.25, 0.3) is 0 Å². The maximum absolute atomic E-state index is 12.5. The molecule has 0 bridgehead atoms. The third-order valence-electron chi connectivity index (χ3n) is 15.9. The van der Waals surface area contributed by atoms with Crippen LogP contribution in [0.15, 0.2) is 36.5 Å². The Labute approximate surface area is 474 Å². The van der Waals surface area contributed by atoms with Crippen LogP contribution >= 0.6 is 0 Å². The van der Waals surface area contributed by atoms with Gasteiger partial charge in [0, 0.05) is 12.8 Å². The molecule has 0 aliphatic carbocycles. The first-order valence-corrected chi connectivity index (χ1v) is 34.2. The number of rotatable bonds is 64. The Hall–Kier alpha value is -1.92. The van der Waals surface area contributed by atoms with Gasteiger partial charge in [0.15, 0.2) is 0 Å². The Kier molecular flexibility index (Phi) is 63.9. The average Bonchev–Trinajstić information content (AvgIpc) is 3.42. The Balaban J connectivity index is 3.37. The van der Waals surface area contributed by atoms with E-state index in [1.54, 1.807) is 0 Å². The molecule has 0 spiro atoms. The van der Waals surface area contributed by atoms with E-state index in [1.165, 1.54) is 289 Å². The van der Waals surface area contributed by atoms with Crippen molar-refractivity contribution in [1.82, 2.24) is 5.32 Å². The van der Waals surface area contributed by atoms with Crippen LogP contribution in [0.3, 0.4) is 0 Å². The van der Waals surface area contributed by atoms with E-state index in [4.69, 9.17) is 4.74 Å². The Bertz CT molecular complexity index is 1230. The van der Waals surface area contributed by atoms with Gasteiger partial charge in [-0.1, -0.05) is 314 Å². The number of carbonyl (C=O) groups is 2. The minimum atomic E-state index is -0.664. The van der Waals surface area contributed by atoms with Gasteiger partial charge in [-0.05, 0) is 83.5 Å². The summed E-state index contributed by atoms with van der Waals surface area (Å²) in [6.07, 6.45) is 83.3. The van der Waals surface area contributed by atoms with E-state index in [-0.39, 0.29) is 18.5 Å². The van der Waals surface area contributed by atoms with E-state index in [0.29, 0.717) is 25.9 Å². The van der Waals surface area contributed by atoms with Gasteiger partial charge >= 0.3 is 5.97 Å². The number of aliphatic hydroxyl groups excluding tert-OH is 2. The van der Waals surface area contributed by atoms with Crippen molar-refractivity contribution in [3.63, 3.8) is 0 Å². The highest BCUT2D eigenvalue weighted by molar-refractivity contribution is 5.76. The second kappa shape index (κ2) is 65.6. The van der Waals surface area contributed by atoms with Crippen LogP contribution in [-0.4, -0.2) is 47.4 Å². The molecule has 1 amide bonds. The monoisotopic (exact) mass is 1070 g/mol. The lowest BCUT2D eigenvalue weighted by Gasteiger charge is -2.22. The van der Waals surface area contributed by atoms with Crippen LogP contribution in [0.25, 0.3) is 0 Å². The van der Waals surface area contributed by atoms with Crippen LogP contribution in [-0.2, 0) is 14.3 Å². The Morgan fingerprint density at radius 3 is 1.01 bits per heavy atom. The molecule has 0 aliphatic rings. The van der Waals surface area contributed by atoms with Crippen molar-refractivity contribution in [3.05, 3.63) is 36.5 Å². The van der Waals surface area contributed by atoms with Crippen molar-refractivity contribution in [2.45, 2.75) is 386 Å². The third kappa shape index (κ3) is 61.3. The van der Waals surface area contributed by atoms with Crippen molar-refractivity contribution in [1.29, 1.82) is 0 Å². The smallest absolute Gasteiger partial charge is 0.305 e. The molecule has 0 aliphatic heterocycles. The molecule has 0 heterocycles. The fourth-order valence-electron chi connectivity index (χ4n) is 10.7. The molecule has 6 nitrogen and oxygen atoms in total. The lowest BCUT2D eigenvalue weighted by molar-refractivity contribution is -0.143. The molecule has 76 heavy (non-hydrogen) atoms. The number of allylic oxidation sites excluding steroid dienone is 6. The lowest BCUT2D eigenvalue weighted by atomic mass is 10.0. The van der Waals surface area contributed by atoms with E-state index in [9.17, 15) is 19.8 Å². The SMILES string of the molecule is CCCCCCCC/C=C\CCCCCCCCCCCC(=O)OCCCCCCCCCCC/C=C\C/C=C\CCCCCCCCCCCCCCCC(=O)NC(CO)C(O)CCCCCCCCCCCCC. The van der Waals surface area contributed by atoms with E-state index < -0.39 is 12.1 Å². The van der Waals surface area contributed by atoms with Gasteiger partial charge in [0.05, 0.1) is 25.4 Å². The molecule has 0 fully saturated rings. The van der Waals surface area contributed by atoms with Crippen LogP contribution in [0, 0.1) is 0 Å². The van der Waals surface area contributed by atoms with Crippen LogP contribution in [0.5, 0.6) is 0 Å². The van der Waals surface area contributed by atoms with Gasteiger partial charge in [-0.15, -0.1) is 0 Å². The summed E-state index contributed by atoms with van der Waals surface area (Å²) in [6.45, 7) is 4.96. The lowest BCUT2D eigenvalue weighted by Crippen LogP contribution is -2.45. The average molecular weight is 1070 g/mol. The van der Waals surface area contributed by atoms with Gasteiger partial charge in [0.1, 0.15) is 0 Å². The summed E-state index contributed by atoms with van der Waals surface area (Å²) in [4.78, 5) is 24.6. The van der Waals surface area contributed by atoms with E-state index in [2.05, 4.69) is 55.6 Å². The van der Waals surface area contributed by atoms with Crippen molar-refractivity contribution >= 4 is 11.9 Å². The zero-order valence-electron chi connectivity index (χ0n) is 51.3. The number of unbranched alkanes of at least 4 members (excludes halogenated alkanes) is 47. The molecule has 0 rings (SSSR count). The molecule has 0 radical (unpaired) electrons. The number of esters is 1. The zero-order chi connectivity index (χ0) is 55.0. The fourth-order valence-corrected chi connectivity index (χ4v) is 10.7. The van der Waals surface area contributed by atoms with Gasteiger partial charge in [-0.2, -0.15) is 0 Å². The van der Waals surface area contributed by atoms with Crippen LogP contribution < -0.4 is 5.32 Å². The predicted molar refractivity (Wildman–Crippen MR) is 333 cm³/mol. The molecule has 0 aromatic carbocycles. The predicted octanol–water partition coefficient (Wildman–Crippen LogP) is 21.9. The molecule has 0 saturated carbocycles. The van der Waals surface area contributed by atoms with Gasteiger partial charge < -0.3 is 20.3 Å². The molecular weight excluding hydrogens is 935 g/mol. The highest BCUT2D eigenvalue weighted by Gasteiger charge is 2.20. The topological polar surface area (TPSA) is 95.9 Å². The molecule has 2 atom stereocenters. The van der Waals surface area contributed by atoms with Crippen LogP contribution in [0.1, 0.15) is 373 Å². The van der Waals surface area contributed by atoms with Gasteiger partial charge in [-0.3, -0.25) is 9.59 Å². The minimum Gasteiger partial charge on any atom is -0.466 e. The first-order valence-electron chi connectivity index (χ1n) is 34.2. The number of carbonyl (C=O) groups excluding carboxylic acids is 2. The number of hydrogen-bond acceptors (Lipinski definition) is 5. The summed E-state index contributed by atoms with van der Waals surface area (Å²) in [7, 11) is 0. The number of aliphatic hydroxyl groups is 2. The first-order chi connectivity index (χ1) is 37.5. The molecule has 448 valence electrons. The van der Waals surface area contributed by atoms with Gasteiger partial charge in [0.2, 0.25) is 5.91 Å². The minimum absolute atomic E-state index is 0.0119. The fraction of sp³-hybridized carbons (Fsp3) is 0.886. The third-order valence-corrected chi connectivity index (χ3v) is 15.9. The van der Waals surface area contributed by atoms with E-state index in [0.717, 1.165) is 51.4 Å². The second-order valence-electron chi connectivity index (χ2n) is 23.5. The summed E-state index contributed by atoms with van der Waals surface area (Å²) in [5.41, 5.74) is 0. The number of ether oxygens (including phenoxy) is 1. The quantitative estimate of drug-likeness (QED) is 0.0320. The molecule has 0 saturated heterocycles. The largest absolute Gasteiger partial charge is 0.466 e. The Morgan fingerprint density at radius 2 is 0.658 bits per heavy atom. The highest BCUT2D eigenvalue weighted by atomic mass is 16.5. The normalized spacial score (nSPS) is 12.7. The summed E-state index contributed by atoms with van der Waals surface area (Å²) in [5.74, 6) is -0.0240. The van der Waals surface area contributed by atoms with Crippen LogP contribution in [0.4, 0.5) is 0 Å². The number of nitrogens with one attached hydrogen (secondary N) is 1. The van der Waals surface area contributed by atoms with Gasteiger partial charge in [-0.25, -0.2) is 0 Å². The molecule has 2 unspecified atom stereocenters. The van der Waals surface area contributed by atoms with Crippen molar-refractivity contribution in [3.8, 4) is 0 Å². The zero-order valence-corrected chi connectivity index (χ0v) is 51.3. The van der Waals surface area contributed by atoms with Crippen molar-refractivity contribution < 1.29 is 24.5 Å². The molecule has 0 aromatic rings. The van der Waals surface area contributed by atoms with Crippen molar-refractivity contribution in [2.75, 3.05) is 13.2 Å². The highest BCUT2D eigenvalue weighted by Crippen LogP contribution is 2.18. The Morgan fingerprint density at radius 1 is 0.368 bits per heavy atom. The molecular formula is C70H133NO5. The summed E-state index contributed by atoms with van der Waals surface area (Å²) in [5, 5.41) is 23.2. The molecule has 0 aromatic heterocycles. The molecule has 6 heteroatoms. The summed E-state index contributed by atoms with van der Waals surface area (Å²) < 4.78 is 5.50. The summed E-state index contributed by atoms with van der Waals surface area (Å²) in [6, 6.07) is -0.541. The number of amides is 1. The second-order valence-corrected chi connectivity index (χ2v) is 23.5. The maximum Gasteiger partial charge on any atom is 0.305 e. The van der Waals surface area contributed by atoms with E-state index >= 15 is 0 Å². The standard InChI is InChI=1S/C70H133NO5/c1-3-5-7-9-11-13-15-16-17-18-30-34-37-40-44-48-52-56-60-64-70(75)76-65-61-57-53-49-45-41-38-35-32-29-27-25-23-21-19-20-22-24-26-28-31-33-36-39-43-47-51-55-59-63-69(74)71-67(66-72)68(73)62-58-54-50-46-42-14-12-10-8-6-4-2/h16-17,19,21,25,27,67-68,72-73H,3-15,18,20,22-24,26,28-66H2,1-2H3,(H,71,74)/b17-16-,21-19-,27-25-. The van der Waals surface area contributed by atoms with Crippen molar-refractivity contribution in [2.24, 2.45) is 0 Å². The first kappa shape index (κ1) is 74.1. The maximum atomic E-state index is 12.5. The molecule has 3 N–H and O–H groups in total. The summed E-state index contributed by atoms with van der Waals surface area (Å²) >= 11 is 0. The number of hydrogen-bond donors (Lipinski definition) is 3. The van der Waals surface area contributed by atoms with E-state index in [1.807, 2.05) is 0 Å².